The average molecular weight is 264 g/mol. The Morgan fingerprint density at radius 1 is 1.32 bits per heavy atom. The van der Waals surface area contributed by atoms with Gasteiger partial charge in [0.1, 0.15) is 0 Å². The van der Waals surface area contributed by atoms with Gasteiger partial charge in [-0.25, -0.2) is 0 Å². The van der Waals surface area contributed by atoms with E-state index in [4.69, 9.17) is 5.73 Å². The molecule has 0 spiro atoms. The lowest BCUT2D eigenvalue weighted by Crippen LogP contribution is -2.23. The van der Waals surface area contributed by atoms with Crippen molar-refractivity contribution >= 4 is 17.6 Å². The summed E-state index contributed by atoms with van der Waals surface area (Å²) in [4.78, 5) is 22.5. The Bertz CT molecular complexity index is 427. The maximum Gasteiger partial charge on any atom is 0.305 e. The van der Waals surface area contributed by atoms with Crippen LogP contribution in [0.25, 0.3) is 0 Å². The first-order chi connectivity index (χ1) is 9.01. The summed E-state index contributed by atoms with van der Waals surface area (Å²) in [6.45, 7) is 1.79. The summed E-state index contributed by atoms with van der Waals surface area (Å²) < 4.78 is 4.58. The molecule has 0 radical (unpaired) electrons. The molecule has 0 fully saturated rings. The molecule has 3 N–H and O–H groups in total. The van der Waals surface area contributed by atoms with Crippen LogP contribution in [0.2, 0.25) is 0 Å². The Morgan fingerprint density at radius 3 is 2.47 bits per heavy atom. The predicted molar refractivity (Wildman–Crippen MR) is 73.7 cm³/mol. The number of aryl methyl sites for hydroxylation is 1. The summed E-state index contributed by atoms with van der Waals surface area (Å²) >= 11 is 0. The summed E-state index contributed by atoms with van der Waals surface area (Å²) in [5, 5.41) is 2.77. The molecule has 1 aromatic carbocycles. The number of nitrogens with one attached hydrogen (secondary N) is 1. The van der Waals surface area contributed by atoms with Crippen LogP contribution in [0.5, 0.6) is 0 Å². The first kappa shape index (κ1) is 15.2. The van der Waals surface area contributed by atoms with Crippen LogP contribution < -0.4 is 11.1 Å². The molecule has 0 saturated carbocycles. The number of rotatable bonds is 6. The molecule has 0 aliphatic rings. The third kappa shape index (κ3) is 6.01. The number of methoxy groups -OCH3 is 1. The second-order valence-electron chi connectivity index (χ2n) is 4.50. The molecule has 0 aliphatic heterocycles. The molecule has 19 heavy (non-hydrogen) atoms. The maximum atomic E-state index is 11.5. The number of nitrogens with two attached hydrogens (primary N) is 1. The Hall–Kier alpha value is -1.88. The second kappa shape index (κ2) is 7.53. The topological polar surface area (TPSA) is 81.4 Å². The molecule has 1 rings (SSSR count). The van der Waals surface area contributed by atoms with Gasteiger partial charge in [-0.2, -0.15) is 0 Å². The van der Waals surface area contributed by atoms with Gasteiger partial charge in [-0.05, 0) is 31.0 Å². The number of hydrogen-bond donors (Lipinski definition) is 2. The highest BCUT2D eigenvalue weighted by Gasteiger charge is 2.06. The molecule has 0 aromatic heterocycles. The van der Waals surface area contributed by atoms with Gasteiger partial charge in [0.25, 0.3) is 0 Å². The average Bonchev–Trinajstić information content (AvgIpc) is 2.36. The lowest BCUT2D eigenvalue weighted by atomic mass is 10.1. The number of anilines is 1. The van der Waals surface area contributed by atoms with E-state index in [0.29, 0.717) is 19.3 Å². The second-order valence-corrected chi connectivity index (χ2v) is 4.50. The number of carbonyl (C=O) groups is 2. The third-order valence-corrected chi connectivity index (χ3v) is 2.59. The predicted octanol–water partition coefficient (Wildman–Crippen LogP) is 1.47. The summed E-state index contributed by atoms with van der Waals surface area (Å²) in [6.07, 6.45) is 1.28. The molecule has 1 aromatic rings. The van der Waals surface area contributed by atoms with E-state index in [2.05, 4.69) is 10.1 Å². The molecule has 104 valence electrons. The zero-order valence-electron chi connectivity index (χ0n) is 11.3. The van der Waals surface area contributed by atoms with Crippen molar-refractivity contribution in [2.75, 3.05) is 12.4 Å². The van der Waals surface area contributed by atoms with E-state index in [-0.39, 0.29) is 17.9 Å². The van der Waals surface area contributed by atoms with Crippen molar-refractivity contribution in [1.29, 1.82) is 0 Å². The molecule has 1 atom stereocenters. The smallest absolute Gasteiger partial charge is 0.305 e. The van der Waals surface area contributed by atoms with Gasteiger partial charge in [0.15, 0.2) is 0 Å². The maximum absolute atomic E-state index is 11.5. The number of hydrogen-bond acceptors (Lipinski definition) is 4. The molecule has 0 aliphatic carbocycles. The molecule has 1 amide bonds. The summed E-state index contributed by atoms with van der Waals surface area (Å²) in [5.41, 5.74) is 7.30. The highest BCUT2D eigenvalue weighted by molar-refractivity contribution is 5.91. The normalized spacial score (nSPS) is 11.7. The Morgan fingerprint density at radius 2 is 1.95 bits per heavy atom. The standard InChI is InChI=1S/C14H20N2O3/c1-10(15)9-13(17)16-12-6-3-11(4-7-12)5-8-14(18)19-2/h3-4,6-7,10H,5,8-9,15H2,1-2H3,(H,16,17). The van der Waals surface area contributed by atoms with Crippen molar-refractivity contribution in [3.8, 4) is 0 Å². The Kier molecular flexibility index (Phi) is 6.02. The Labute approximate surface area is 113 Å². The van der Waals surface area contributed by atoms with Gasteiger partial charge in [-0.3, -0.25) is 9.59 Å². The van der Waals surface area contributed by atoms with Crippen LogP contribution in [-0.2, 0) is 20.7 Å². The van der Waals surface area contributed by atoms with Gasteiger partial charge in [-0.1, -0.05) is 12.1 Å². The van der Waals surface area contributed by atoms with Crippen LogP contribution in [0.4, 0.5) is 5.69 Å². The minimum Gasteiger partial charge on any atom is -0.469 e. The molecule has 0 bridgehead atoms. The lowest BCUT2D eigenvalue weighted by molar-refractivity contribution is -0.140. The quantitative estimate of drug-likeness (QED) is 0.762. The molecule has 5 heteroatoms. The van der Waals surface area contributed by atoms with Crippen LogP contribution in [0.15, 0.2) is 24.3 Å². The van der Waals surface area contributed by atoms with Gasteiger partial charge in [0.05, 0.1) is 7.11 Å². The first-order valence-electron chi connectivity index (χ1n) is 6.22. The Balaban J connectivity index is 2.47. The molecular formula is C14H20N2O3. The molecule has 5 nitrogen and oxygen atoms in total. The van der Waals surface area contributed by atoms with Crippen LogP contribution in [0.3, 0.4) is 0 Å². The minimum absolute atomic E-state index is 0.0997. The highest BCUT2D eigenvalue weighted by atomic mass is 16.5. The van der Waals surface area contributed by atoms with E-state index in [1.165, 1.54) is 7.11 Å². The number of benzene rings is 1. The number of amides is 1. The largest absolute Gasteiger partial charge is 0.469 e. The zero-order chi connectivity index (χ0) is 14.3. The van der Waals surface area contributed by atoms with Gasteiger partial charge in [-0.15, -0.1) is 0 Å². The van der Waals surface area contributed by atoms with Crippen LogP contribution in [0.1, 0.15) is 25.3 Å². The van der Waals surface area contributed by atoms with Crippen LogP contribution in [-0.4, -0.2) is 25.0 Å². The van der Waals surface area contributed by atoms with Gasteiger partial charge in [0, 0.05) is 24.6 Å². The minimum atomic E-state index is -0.227. The highest BCUT2D eigenvalue weighted by Crippen LogP contribution is 2.11. The SMILES string of the molecule is COC(=O)CCc1ccc(NC(=O)CC(C)N)cc1. The van der Waals surface area contributed by atoms with E-state index < -0.39 is 0 Å². The van der Waals surface area contributed by atoms with Crippen LogP contribution in [0, 0.1) is 0 Å². The molecular weight excluding hydrogens is 244 g/mol. The molecule has 0 heterocycles. The van der Waals surface area contributed by atoms with Crippen LogP contribution >= 0.6 is 0 Å². The number of esters is 1. The van der Waals surface area contributed by atoms with Crippen molar-refractivity contribution in [3.63, 3.8) is 0 Å². The summed E-state index contributed by atoms with van der Waals surface area (Å²) in [7, 11) is 1.37. The van der Waals surface area contributed by atoms with Crippen molar-refractivity contribution in [2.24, 2.45) is 5.73 Å². The molecule has 0 saturated heterocycles. The zero-order valence-corrected chi connectivity index (χ0v) is 11.3. The van der Waals surface area contributed by atoms with E-state index in [0.717, 1.165) is 11.3 Å². The van der Waals surface area contributed by atoms with Crippen molar-refractivity contribution in [2.45, 2.75) is 32.2 Å². The third-order valence-electron chi connectivity index (χ3n) is 2.59. The number of ether oxygens (including phenoxy) is 1. The summed E-state index contributed by atoms with van der Waals surface area (Å²) in [5.74, 6) is -0.327. The lowest BCUT2D eigenvalue weighted by Gasteiger charge is -2.08. The first-order valence-corrected chi connectivity index (χ1v) is 6.22. The monoisotopic (exact) mass is 264 g/mol. The fourth-order valence-electron chi connectivity index (χ4n) is 1.61. The van der Waals surface area contributed by atoms with Crippen molar-refractivity contribution < 1.29 is 14.3 Å². The van der Waals surface area contributed by atoms with E-state index in [1.807, 2.05) is 24.3 Å². The van der Waals surface area contributed by atoms with E-state index in [9.17, 15) is 9.59 Å². The van der Waals surface area contributed by atoms with Gasteiger partial charge < -0.3 is 15.8 Å². The number of carbonyl (C=O) groups excluding carboxylic acids is 2. The van der Waals surface area contributed by atoms with Crippen molar-refractivity contribution in [1.82, 2.24) is 0 Å². The van der Waals surface area contributed by atoms with E-state index >= 15 is 0 Å². The summed E-state index contributed by atoms with van der Waals surface area (Å²) in [6, 6.07) is 7.23. The fraction of sp³-hybridized carbons (Fsp3) is 0.429. The molecule has 1 unspecified atom stereocenters. The fourth-order valence-corrected chi connectivity index (χ4v) is 1.61. The van der Waals surface area contributed by atoms with E-state index in [1.54, 1.807) is 6.92 Å². The van der Waals surface area contributed by atoms with Gasteiger partial charge in [0.2, 0.25) is 5.91 Å². The van der Waals surface area contributed by atoms with Crippen molar-refractivity contribution in [3.05, 3.63) is 29.8 Å². The van der Waals surface area contributed by atoms with Gasteiger partial charge >= 0.3 is 5.97 Å².